The zero-order chi connectivity index (χ0) is 20.8. The number of benzene rings is 2. The van der Waals surface area contributed by atoms with Gasteiger partial charge < -0.3 is 29.0 Å². The first-order valence-electron chi connectivity index (χ1n) is 8.64. The maximum atomic E-state index is 12.1. The van der Waals surface area contributed by atoms with E-state index in [2.05, 4.69) is 5.32 Å². The molecule has 3 rings (SSSR count). The second-order valence-corrected chi connectivity index (χ2v) is 5.96. The molecule has 1 heterocycles. The third-order valence-corrected chi connectivity index (χ3v) is 3.94. The molecule has 1 amide bonds. The third kappa shape index (κ3) is 4.95. The number of hydrogen-bond donors (Lipinski definition) is 1. The van der Waals surface area contributed by atoms with E-state index in [9.17, 15) is 14.4 Å². The van der Waals surface area contributed by atoms with Gasteiger partial charge in [-0.15, -0.1) is 0 Å². The van der Waals surface area contributed by atoms with Crippen molar-refractivity contribution in [2.75, 3.05) is 32.4 Å². The SMILES string of the molecule is COc1ccccc1OCC(=O)OCC(=O)Nc1cc2c(cc1C(C)=O)OCO2. The van der Waals surface area contributed by atoms with Gasteiger partial charge in [-0.25, -0.2) is 4.79 Å². The highest BCUT2D eigenvalue weighted by atomic mass is 16.7. The van der Waals surface area contributed by atoms with Crippen LogP contribution in [0.5, 0.6) is 23.0 Å². The first-order chi connectivity index (χ1) is 14.0. The number of fused-ring (bicyclic) bond motifs is 1. The zero-order valence-electron chi connectivity index (χ0n) is 15.9. The molecule has 2 aromatic carbocycles. The highest BCUT2D eigenvalue weighted by Crippen LogP contribution is 2.37. The minimum atomic E-state index is -0.733. The van der Waals surface area contributed by atoms with E-state index >= 15 is 0 Å². The van der Waals surface area contributed by atoms with Crippen LogP contribution in [0.4, 0.5) is 5.69 Å². The van der Waals surface area contributed by atoms with E-state index in [-0.39, 0.29) is 23.8 Å². The monoisotopic (exact) mass is 401 g/mol. The lowest BCUT2D eigenvalue weighted by atomic mass is 10.1. The summed E-state index contributed by atoms with van der Waals surface area (Å²) in [7, 11) is 1.48. The van der Waals surface area contributed by atoms with Gasteiger partial charge in [0, 0.05) is 11.6 Å². The lowest BCUT2D eigenvalue weighted by Gasteiger charge is -2.12. The van der Waals surface area contributed by atoms with Gasteiger partial charge in [-0.05, 0) is 25.1 Å². The molecule has 1 aliphatic heterocycles. The number of hydrogen-bond acceptors (Lipinski definition) is 8. The van der Waals surface area contributed by atoms with Crippen LogP contribution < -0.4 is 24.3 Å². The van der Waals surface area contributed by atoms with Gasteiger partial charge in [0.1, 0.15) is 0 Å². The van der Waals surface area contributed by atoms with Crippen LogP contribution in [0.1, 0.15) is 17.3 Å². The molecule has 9 nitrogen and oxygen atoms in total. The van der Waals surface area contributed by atoms with Gasteiger partial charge >= 0.3 is 5.97 Å². The quantitative estimate of drug-likeness (QED) is 0.530. The number of methoxy groups -OCH3 is 1. The number of rotatable bonds is 8. The summed E-state index contributed by atoms with van der Waals surface area (Å²) in [4.78, 5) is 35.8. The summed E-state index contributed by atoms with van der Waals surface area (Å²) in [6.07, 6.45) is 0. The Morgan fingerprint density at radius 2 is 1.72 bits per heavy atom. The van der Waals surface area contributed by atoms with Crippen molar-refractivity contribution in [1.82, 2.24) is 0 Å². The molecule has 1 N–H and O–H groups in total. The van der Waals surface area contributed by atoms with Crippen molar-refractivity contribution in [2.45, 2.75) is 6.92 Å². The Kier molecular flexibility index (Phi) is 6.18. The highest BCUT2D eigenvalue weighted by molar-refractivity contribution is 6.05. The number of para-hydroxylation sites is 2. The second kappa shape index (κ2) is 8.96. The van der Waals surface area contributed by atoms with Gasteiger partial charge in [-0.3, -0.25) is 9.59 Å². The first kappa shape index (κ1) is 20.0. The van der Waals surface area contributed by atoms with E-state index in [0.717, 1.165) is 0 Å². The number of nitrogens with one attached hydrogen (secondary N) is 1. The van der Waals surface area contributed by atoms with Crippen LogP contribution in [0.3, 0.4) is 0 Å². The highest BCUT2D eigenvalue weighted by Gasteiger charge is 2.21. The summed E-state index contributed by atoms with van der Waals surface area (Å²) < 4.78 is 25.8. The second-order valence-electron chi connectivity index (χ2n) is 5.96. The molecule has 0 bridgehead atoms. The van der Waals surface area contributed by atoms with Crippen molar-refractivity contribution >= 4 is 23.3 Å². The van der Waals surface area contributed by atoms with Crippen molar-refractivity contribution in [3.63, 3.8) is 0 Å². The van der Waals surface area contributed by atoms with E-state index in [1.54, 1.807) is 24.3 Å². The number of carbonyl (C=O) groups excluding carboxylic acids is 3. The summed E-state index contributed by atoms with van der Waals surface area (Å²) in [5.41, 5.74) is 0.501. The Labute approximate surface area is 166 Å². The molecule has 0 spiro atoms. The van der Waals surface area contributed by atoms with Gasteiger partial charge in [0.25, 0.3) is 5.91 Å². The lowest BCUT2D eigenvalue weighted by molar-refractivity contribution is -0.149. The lowest BCUT2D eigenvalue weighted by Crippen LogP contribution is -2.24. The third-order valence-electron chi connectivity index (χ3n) is 3.94. The maximum absolute atomic E-state index is 12.1. The van der Waals surface area contributed by atoms with Crippen molar-refractivity contribution in [1.29, 1.82) is 0 Å². The predicted octanol–water partition coefficient (Wildman–Crippen LogP) is 2.19. The number of ketones is 1. The van der Waals surface area contributed by atoms with E-state index in [4.69, 9.17) is 23.7 Å². The number of Topliss-reactive ketones (excluding diaryl/α,β-unsaturated/α-hetero) is 1. The van der Waals surface area contributed by atoms with Crippen LogP contribution in [0.2, 0.25) is 0 Å². The number of amides is 1. The van der Waals surface area contributed by atoms with E-state index in [1.165, 1.54) is 26.2 Å². The molecule has 1 aliphatic rings. The molecule has 0 aliphatic carbocycles. The molecule has 0 atom stereocenters. The van der Waals surface area contributed by atoms with Crippen molar-refractivity contribution in [3.05, 3.63) is 42.0 Å². The fourth-order valence-corrected chi connectivity index (χ4v) is 2.59. The first-order valence-corrected chi connectivity index (χ1v) is 8.64. The number of esters is 1. The van der Waals surface area contributed by atoms with Crippen LogP contribution in [-0.2, 0) is 14.3 Å². The fourth-order valence-electron chi connectivity index (χ4n) is 2.59. The molecular weight excluding hydrogens is 382 g/mol. The predicted molar refractivity (Wildman–Crippen MR) is 101 cm³/mol. The van der Waals surface area contributed by atoms with Crippen LogP contribution in [0.15, 0.2) is 36.4 Å². The molecular formula is C20H19NO8. The van der Waals surface area contributed by atoms with Crippen molar-refractivity contribution in [3.8, 4) is 23.0 Å². The Morgan fingerprint density at radius 1 is 1.03 bits per heavy atom. The van der Waals surface area contributed by atoms with Crippen LogP contribution >= 0.6 is 0 Å². The summed E-state index contributed by atoms with van der Waals surface area (Å²) in [6.45, 7) is 0.465. The summed E-state index contributed by atoms with van der Waals surface area (Å²) >= 11 is 0. The fraction of sp³-hybridized carbons (Fsp3) is 0.250. The van der Waals surface area contributed by atoms with E-state index in [1.807, 2.05) is 0 Å². The average molecular weight is 401 g/mol. The Balaban J connectivity index is 1.53. The van der Waals surface area contributed by atoms with Gasteiger partial charge in [0.2, 0.25) is 6.79 Å². The molecule has 29 heavy (non-hydrogen) atoms. The standard InChI is InChI=1S/C20H19NO8/c1-12(22)13-7-17-18(29-11-28-17)8-14(13)21-19(23)9-27-20(24)10-26-16-6-4-3-5-15(16)25-2/h3-8H,9-11H2,1-2H3,(H,21,23). The van der Waals surface area contributed by atoms with Crippen LogP contribution in [0, 0.1) is 0 Å². The molecule has 0 radical (unpaired) electrons. The Bertz CT molecular complexity index is 940. The molecule has 0 saturated carbocycles. The van der Waals surface area contributed by atoms with Gasteiger partial charge in [-0.1, -0.05) is 12.1 Å². The Morgan fingerprint density at radius 3 is 2.41 bits per heavy atom. The Hall–Kier alpha value is -3.75. The summed E-state index contributed by atoms with van der Waals surface area (Å²) in [5, 5.41) is 2.54. The molecule has 152 valence electrons. The minimum absolute atomic E-state index is 0.0356. The van der Waals surface area contributed by atoms with Crippen LogP contribution in [0.25, 0.3) is 0 Å². The zero-order valence-corrected chi connectivity index (χ0v) is 15.9. The van der Waals surface area contributed by atoms with Gasteiger partial charge in [-0.2, -0.15) is 0 Å². The number of ether oxygens (including phenoxy) is 5. The minimum Gasteiger partial charge on any atom is -0.493 e. The van der Waals surface area contributed by atoms with Crippen LogP contribution in [-0.4, -0.2) is 44.8 Å². The van der Waals surface area contributed by atoms with Crippen molar-refractivity contribution < 1.29 is 38.1 Å². The smallest absolute Gasteiger partial charge is 0.344 e. The summed E-state index contributed by atoms with van der Waals surface area (Å²) in [5.74, 6) is 0.0717. The molecule has 9 heteroatoms. The summed E-state index contributed by atoms with van der Waals surface area (Å²) in [6, 6.07) is 9.80. The van der Waals surface area contributed by atoms with Crippen molar-refractivity contribution in [2.24, 2.45) is 0 Å². The molecule has 0 saturated heterocycles. The topological polar surface area (TPSA) is 109 Å². The number of carbonyl (C=O) groups is 3. The maximum Gasteiger partial charge on any atom is 0.344 e. The molecule has 0 aromatic heterocycles. The largest absolute Gasteiger partial charge is 0.493 e. The normalized spacial score (nSPS) is 11.5. The average Bonchev–Trinajstić information content (AvgIpc) is 3.17. The van der Waals surface area contributed by atoms with Gasteiger partial charge in [0.05, 0.1) is 12.8 Å². The van der Waals surface area contributed by atoms with E-state index < -0.39 is 25.1 Å². The van der Waals surface area contributed by atoms with E-state index in [0.29, 0.717) is 23.0 Å². The molecule has 0 unspecified atom stereocenters. The molecule has 0 fully saturated rings. The van der Waals surface area contributed by atoms with Gasteiger partial charge in [0.15, 0.2) is 42.0 Å². The molecule has 2 aromatic rings. The number of anilines is 1.